The summed E-state index contributed by atoms with van der Waals surface area (Å²) in [5.41, 5.74) is 5.83. The molecule has 0 aliphatic carbocycles. The predicted molar refractivity (Wildman–Crippen MR) is 77.2 cm³/mol. The maximum atomic E-state index is 12.0. The van der Waals surface area contributed by atoms with Crippen LogP contribution in [0.3, 0.4) is 0 Å². The van der Waals surface area contributed by atoms with Gasteiger partial charge in [0.05, 0.1) is 5.92 Å². The molecule has 0 saturated carbocycles. The van der Waals surface area contributed by atoms with Crippen molar-refractivity contribution in [1.29, 1.82) is 0 Å². The highest BCUT2D eigenvalue weighted by atomic mass is 32.2. The summed E-state index contributed by atoms with van der Waals surface area (Å²) in [5.74, 6) is 2.09. The lowest BCUT2D eigenvalue weighted by atomic mass is 9.84. The Labute approximate surface area is 110 Å². The van der Waals surface area contributed by atoms with Gasteiger partial charge in [-0.1, -0.05) is 27.7 Å². The third-order valence-electron chi connectivity index (χ3n) is 2.47. The first-order valence-corrected chi connectivity index (χ1v) is 7.53. The van der Waals surface area contributed by atoms with E-state index < -0.39 is 0 Å². The van der Waals surface area contributed by atoms with E-state index in [0.29, 0.717) is 6.54 Å². The molecular weight excluding hydrogens is 232 g/mol. The van der Waals surface area contributed by atoms with E-state index in [1.807, 2.05) is 18.7 Å². The van der Waals surface area contributed by atoms with Gasteiger partial charge in [0.15, 0.2) is 0 Å². The second kappa shape index (κ2) is 7.98. The van der Waals surface area contributed by atoms with Crippen LogP contribution in [0.25, 0.3) is 0 Å². The van der Waals surface area contributed by atoms with Crippen LogP contribution < -0.4 is 11.1 Å². The van der Waals surface area contributed by atoms with Crippen molar-refractivity contribution in [3.63, 3.8) is 0 Å². The molecule has 3 N–H and O–H groups in total. The largest absolute Gasteiger partial charge is 0.353 e. The van der Waals surface area contributed by atoms with Crippen LogP contribution >= 0.6 is 11.8 Å². The molecule has 0 spiro atoms. The average Bonchev–Trinajstić information content (AvgIpc) is 2.21. The van der Waals surface area contributed by atoms with E-state index in [1.54, 1.807) is 0 Å². The molecule has 0 aliphatic rings. The lowest BCUT2D eigenvalue weighted by Crippen LogP contribution is -2.42. The molecule has 102 valence electrons. The van der Waals surface area contributed by atoms with E-state index in [1.165, 1.54) is 0 Å². The van der Waals surface area contributed by atoms with Gasteiger partial charge in [-0.15, -0.1) is 0 Å². The zero-order valence-corrected chi connectivity index (χ0v) is 12.7. The Morgan fingerprint density at radius 2 is 2.00 bits per heavy atom. The Hall–Kier alpha value is -0.220. The summed E-state index contributed by atoms with van der Waals surface area (Å²) < 4.78 is 0. The molecule has 4 heteroatoms. The number of thioether (sulfide) groups is 1. The number of hydrogen-bond acceptors (Lipinski definition) is 3. The standard InChI is InChI=1S/C13H28N2OS/c1-6-17-9-10(2)15-12(16)11(8-14)7-13(3,4)5/h10-11H,6-9,14H2,1-5H3,(H,15,16). The van der Waals surface area contributed by atoms with E-state index in [-0.39, 0.29) is 23.3 Å². The van der Waals surface area contributed by atoms with E-state index in [2.05, 4.69) is 33.0 Å². The zero-order valence-electron chi connectivity index (χ0n) is 11.9. The lowest BCUT2D eigenvalue weighted by molar-refractivity contribution is -0.126. The first-order chi connectivity index (χ1) is 7.80. The number of carbonyl (C=O) groups excluding carboxylic acids is 1. The summed E-state index contributed by atoms with van der Waals surface area (Å²) in [6.07, 6.45) is 0.836. The van der Waals surface area contributed by atoms with Crippen LogP contribution in [0.1, 0.15) is 41.0 Å². The first kappa shape index (κ1) is 16.8. The van der Waals surface area contributed by atoms with Gasteiger partial charge in [0.25, 0.3) is 0 Å². The van der Waals surface area contributed by atoms with Crippen molar-refractivity contribution in [2.75, 3.05) is 18.1 Å². The maximum Gasteiger partial charge on any atom is 0.224 e. The van der Waals surface area contributed by atoms with Gasteiger partial charge >= 0.3 is 0 Å². The number of carbonyl (C=O) groups is 1. The SMILES string of the molecule is CCSCC(C)NC(=O)C(CN)CC(C)(C)C. The number of nitrogens with one attached hydrogen (secondary N) is 1. The molecule has 0 bridgehead atoms. The number of amides is 1. The zero-order chi connectivity index (χ0) is 13.5. The van der Waals surface area contributed by atoms with Gasteiger partial charge in [0, 0.05) is 18.3 Å². The van der Waals surface area contributed by atoms with Crippen molar-refractivity contribution in [3.05, 3.63) is 0 Å². The van der Waals surface area contributed by atoms with Gasteiger partial charge in [-0.3, -0.25) is 4.79 Å². The topological polar surface area (TPSA) is 55.1 Å². The molecule has 0 rings (SSSR count). The van der Waals surface area contributed by atoms with Crippen molar-refractivity contribution in [1.82, 2.24) is 5.32 Å². The summed E-state index contributed by atoms with van der Waals surface area (Å²) >= 11 is 1.84. The van der Waals surface area contributed by atoms with Gasteiger partial charge in [-0.25, -0.2) is 0 Å². The molecule has 0 aromatic carbocycles. The van der Waals surface area contributed by atoms with Crippen molar-refractivity contribution in [2.45, 2.75) is 47.1 Å². The van der Waals surface area contributed by atoms with E-state index in [9.17, 15) is 4.79 Å². The van der Waals surface area contributed by atoms with Crippen molar-refractivity contribution < 1.29 is 4.79 Å². The quantitative estimate of drug-likeness (QED) is 0.738. The van der Waals surface area contributed by atoms with Gasteiger partial charge in [-0.05, 0) is 24.5 Å². The fraction of sp³-hybridized carbons (Fsp3) is 0.923. The number of nitrogens with two attached hydrogens (primary N) is 1. The van der Waals surface area contributed by atoms with Crippen molar-refractivity contribution >= 4 is 17.7 Å². The van der Waals surface area contributed by atoms with Crippen LogP contribution in [-0.4, -0.2) is 30.0 Å². The third-order valence-corrected chi connectivity index (χ3v) is 3.62. The molecule has 1 amide bonds. The van der Waals surface area contributed by atoms with Crippen molar-refractivity contribution in [3.8, 4) is 0 Å². The normalized spacial score (nSPS) is 15.4. The summed E-state index contributed by atoms with van der Waals surface area (Å²) in [6, 6.07) is 0.224. The van der Waals surface area contributed by atoms with Crippen molar-refractivity contribution in [2.24, 2.45) is 17.1 Å². The molecule has 0 aliphatic heterocycles. The highest BCUT2D eigenvalue weighted by Gasteiger charge is 2.24. The Morgan fingerprint density at radius 1 is 1.41 bits per heavy atom. The fourth-order valence-corrected chi connectivity index (χ4v) is 2.39. The average molecular weight is 260 g/mol. The molecule has 2 atom stereocenters. The second-order valence-electron chi connectivity index (χ2n) is 5.77. The van der Waals surface area contributed by atoms with Gasteiger partial charge in [0.2, 0.25) is 5.91 Å². The van der Waals surface area contributed by atoms with E-state index in [4.69, 9.17) is 5.73 Å². The van der Waals surface area contributed by atoms with Crippen LogP contribution in [-0.2, 0) is 4.79 Å². The number of rotatable bonds is 7. The predicted octanol–water partition coefficient (Wildman–Crippen LogP) is 2.26. The van der Waals surface area contributed by atoms with E-state index >= 15 is 0 Å². The van der Waals surface area contributed by atoms with E-state index in [0.717, 1.165) is 17.9 Å². The van der Waals surface area contributed by atoms with Gasteiger partial charge < -0.3 is 11.1 Å². The van der Waals surface area contributed by atoms with Gasteiger partial charge in [-0.2, -0.15) is 11.8 Å². The molecule has 17 heavy (non-hydrogen) atoms. The molecule has 0 aromatic heterocycles. The van der Waals surface area contributed by atoms with Gasteiger partial charge in [0.1, 0.15) is 0 Å². The monoisotopic (exact) mass is 260 g/mol. The highest BCUT2D eigenvalue weighted by Crippen LogP contribution is 2.24. The third kappa shape index (κ3) is 8.50. The molecule has 2 unspecified atom stereocenters. The Morgan fingerprint density at radius 3 is 2.41 bits per heavy atom. The summed E-state index contributed by atoms with van der Waals surface area (Å²) in [7, 11) is 0. The highest BCUT2D eigenvalue weighted by molar-refractivity contribution is 7.99. The van der Waals surface area contributed by atoms with Crippen LogP contribution in [0, 0.1) is 11.3 Å². The molecule has 0 radical (unpaired) electrons. The minimum absolute atomic E-state index is 0.0657. The molecule has 0 fully saturated rings. The Balaban J connectivity index is 4.16. The molecular formula is C13H28N2OS. The number of hydrogen-bond donors (Lipinski definition) is 2. The first-order valence-electron chi connectivity index (χ1n) is 6.38. The lowest BCUT2D eigenvalue weighted by Gasteiger charge is -2.25. The molecule has 0 aromatic rings. The van der Waals surface area contributed by atoms with Crippen LogP contribution in [0.5, 0.6) is 0 Å². The Kier molecular flexibility index (Phi) is 7.88. The van der Waals surface area contributed by atoms with Crippen LogP contribution in [0.2, 0.25) is 0 Å². The molecule has 0 saturated heterocycles. The minimum atomic E-state index is -0.0657. The molecule has 3 nitrogen and oxygen atoms in total. The maximum absolute atomic E-state index is 12.0. The van der Waals surface area contributed by atoms with Crippen LogP contribution in [0.15, 0.2) is 0 Å². The fourth-order valence-electron chi connectivity index (χ4n) is 1.72. The summed E-state index contributed by atoms with van der Waals surface area (Å²) in [6.45, 7) is 11.0. The Bertz CT molecular complexity index is 226. The second-order valence-corrected chi connectivity index (χ2v) is 7.09. The smallest absolute Gasteiger partial charge is 0.224 e. The minimum Gasteiger partial charge on any atom is -0.353 e. The summed E-state index contributed by atoms with van der Waals surface area (Å²) in [5, 5.41) is 3.05. The summed E-state index contributed by atoms with van der Waals surface area (Å²) in [4.78, 5) is 12.0. The molecule has 0 heterocycles. The van der Waals surface area contributed by atoms with Crippen LogP contribution in [0.4, 0.5) is 0 Å².